The molecule has 17 heavy (non-hydrogen) atoms. The number of allylic oxidation sites excluding steroid dienone is 6. The molecule has 0 spiro atoms. The molecule has 0 bridgehead atoms. The van der Waals surface area contributed by atoms with Gasteiger partial charge in [-0.05, 0) is 18.9 Å². The Morgan fingerprint density at radius 3 is 2.29 bits per heavy atom. The molecule has 1 aliphatic rings. The van der Waals surface area contributed by atoms with Crippen LogP contribution in [0.3, 0.4) is 0 Å². The van der Waals surface area contributed by atoms with E-state index in [4.69, 9.17) is 0 Å². The first-order valence-corrected chi connectivity index (χ1v) is 5.90. The molecule has 1 aromatic carbocycles. The van der Waals surface area contributed by atoms with Crippen molar-refractivity contribution >= 4 is 5.78 Å². The molecule has 0 saturated carbocycles. The lowest BCUT2D eigenvalue weighted by Gasteiger charge is -2.03. The maximum absolute atomic E-state index is 11.9. The van der Waals surface area contributed by atoms with Crippen LogP contribution < -0.4 is 0 Å². The fourth-order valence-electron chi connectivity index (χ4n) is 1.87. The highest BCUT2D eigenvalue weighted by atomic mass is 16.1. The van der Waals surface area contributed by atoms with E-state index >= 15 is 0 Å². The van der Waals surface area contributed by atoms with E-state index in [0.29, 0.717) is 6.42 Å². The molecule has 1 heteroatoms. The van der Waals surface area contributed by atoms with Crippen LogP contribution in [0.25, 0.3) is 0 Å². The number of ketones is 1. The zero-order valence-electron chi connectivity index (χ0n) is 10.0. The number of hydrogen-bond acceptors (Lipinski definition) is 1. The van der Waals surface area contributed by atoms with Crippen molar-refractivity contribution in [1.82, 2.24) is 0 Å². The molecule has 0 aliphatic heterocycles. The smallest absolute Gasteiger partial charge is 0.163 e. The molecule has 0 aromatic heterocycles. The van der Waals surface area contributed by atoms with Gasteiger partial charge in [-0.1, -0.05) is 60.2 Å². The predicted molar refractivity (Wildman–Crippen MR) is 71.0 cm³/mol. The van der Waals surface area contributed by atoms with Crippen LogP contribution in [0.4, 0.5) is 0 Å². The van der Waals surface area contributed by atoms with Gasteiger partial charge in [0.15, 0.2) is 5.78 Å². The van der Waals surface area contributed by atoms with Crippen LogP contribution in [0.15, 0.2) is 65.8 Å². The maximum atomic E-state index is 11.9. The number of rotatable bonds is 4. The van der Waals surface area contributed by atoms with Gasteiger partial charge in [-0.15, -0.1) is 0 Å². The summed E-state index contributed by atoms with van der Waals surface area (Å²) in [6, 6.07) is 9.49. The molecule has 0 atom stereocenters. The van der Waals surface area contributed by atoms with E-state index in [-0.39, 0.29) is 5.78 Å². The minimum Gasteiger partial charge on any atom is -0.294 e. The Morgan fingerprint density at radius 1 is 1.00 bits per heavy atom. The molecule has 0 N–H and O–H groups in total. The molecule has 0 unspecified atom stereocenters. The van der Waals surface area contributed by atoms with Crippen molar-refractivity contribution in [2.45, 2.75) is 19.8 Å². The van der Waals surface area contributed by atoms with Gasteiger partial charge in [0.05, 0.1) is 0 Å². The monoisotopic (exact) mass is 224 g/mol. The summed E-state index contributed by atoms with van der Waals surface area (Å²) in [5.41, 5.74) is 3.33. The Kier molecular flexibility index (Phi) is 3.71. The van der Waals surface area contributed by atoms with Gasteiger partial charge in [0, 0.05) is 12.0 Å². The van der Waals surface area contributed by atoms with E-state index in [1.165, 1.54) is 11.1 Å². The minimum atomic E-state index is 0.219. The predicted octanol–water partition coefficient (Wildman–Crippen LogP) is 4.09. The highest BCUT2D eigenvalue weighted by molar-refractivity contribution is 5.96. The maximum Gasteiger partial charge on any atom is 0.163 e. The molecule has 86 valence electrons. The van der Waals surface area contributed by atoms with Gasteiger partial charge < -0.3 is 0 Å². The van der Waals surface area contributed by atoms with Gasteiger partial charge in [-0.25, -0.2) is 0 Å². The van der Waals surface area contributed by atoms with E-state index < -0.39 is 0 Å². The summed E-state index contributed by atoms with van der Waals surface area (Å²) < 4.78 is 0. The topological polar surface area (TPSA) is 17.1 Å². The summed E-state index contributed by atoms with van der Waals surface area (Å²) in [5, 5.41) is 0. The number of Topliss-reactive ketones (excluding diaryl/α,β-unsaturated/α-hetero) is 1. The molecule has 1 nitrogen and oxygen atoms in total. The lowest BCUT2D eigenvalue weighted by atomic mass is 10.0. The highest BCUT2D eigenvalue weighted by Gasteiger charge is 2.06. The molecule has 2 rings (SSSR count). The molecule has 0 fully saturated rings. The van der Waals surface area contributed by atoms with Gasteiger partial charge >= 0.3 is 0 Å². The van der Waals surface area contributed by atoms with Gasteiger partial charge in [-0.3, -0.25) is 4.79 Å². The van der Waals surface area contributed by atoms with Crippen molar-refractivity contribution in [1.29, 1.82) is 0 Å². The number of hydrogen-bond donors (Lipinski definition) is 0. The van der Waals surface area contributed by atoms with Gasteiger partial charge in [0.25, 0.3) is 0 Å². The van der Waals surface area contributed by atoms with Crippen molar-refractivity contribution in [2.24, 2.45) is 0 Å². The van der Waals surface area contributed by atoms with Crippen LogP contribution in [-0.2, 0) is 0 Å². The summed E-state index contributed by atoms with van der Waals surface area (Å²) in [4.78, 5) is 11.9. The molecular weight excluding hydrogens is 208 g/mol. The minimum absolute atomic E-state index is 0.219. The third-order valence-corrected chi connectivity index (χ3v) is 2.98. The zero-order chi connectivity index (χ0) is 12.1. The highest BCUT2D eigenvalue weighted by Crippen LogP contribution is 2.18. The zero-order valence-corrected chi connectivity index (χ0v) is 10.0. The standard InChI is InChI=1S/C16H16O/c1-13(14-7-5-6-8-14)11-12-16(17)15-9-3-2-4-10-15/h2-10H,11-12H2,1H3. The molecule has 1 aliphatic carbocycles. The molecule has 0 heterocycles. The Morgan fingerprint density at radius 2 is 1.65 bits per heavy atom. The molecule has 1 aromatic rings. The molecule has 0 radical (unpaired) electrons. The molecule has 0 saturated heterocycles. The third-order valence-electron chi connectivity index (χ3n) is 2.98. The van der Waals surface area contributed by atoms with E-state index in [0.717, 1.165) is 12.0 Å². The first-order chi connectivity index (χ1) is 8.27. The van der Waals surface area contributed by atoms with Crippen molar-refractivity contribution in [3.63, 3.8) is 0 Å². The largest absolute Gasteiger partial charge is 0.294 e. The number of carbonyl (C=O) groups is 1. The first kappa shape index (κ1) is 11.6. The fraction of sp³-hybridized carbons (Fsp3) is 0.188. The normalized spacial score (nSPS) is 13.1. The van der Waals surface area contributed by atoms with E-state index in [2.05, 4.69) is 19.1 Å². The average molecular weight is 224 g/mol. The summed E-state index contributed by atoms with van der Waals surface area (Å²) in [6.07, 6.45) is 9.64. The van der Waals surface area contributed by atoms with Crippen LogP contribution in [0.5, 0.6) is 0 Å². The second-order valence-electron chi connectivity index (χ2n) is 4.24. The summed E-state index contributed by atoms with van der Waals surface area (Å²) in [7, 11) is 0. The lowest BCUT2D eigenvalue weighted by molar-refractivity contribution is 0.0983. The Labute approximate surface area is 102 Å². The van der Waals surface area contributed by atoms with Gasteiger partial charge in [0.1, 0.15) is 0 Å². The van der Waals surface area contributed by atoms with E-state index in [9.17, 15) is 4.79 Å². The van der Waals surface area contributed by atoms with Gasteiger partial charge in [-0.2, -0.15) is 0 Å². The number of benzene rings is 1. The van der Waals surface area contributed by atoms with Crippen molar-refractivity contribution in [3.8, 4) is 0 Å². The van der Waals surface area contributed by atoms with Crippen molar-refractivity contribution in [2.75, 3.05) is 0 Å². The van der Waals surface area contributed by atoms with Crippen molar-refractivity contribution in [3.05, 3.63) is 71.3 Å². The molecule has 0 amide bonds. The second-order valence-corrected chi connectivity index (χ2v) is 4.24. The first-order valence-electron chi connectivity index (χ1n) is 5.90. The Bertz CT molecular complexity index is 476. The Balaban J connectivity index is 1.95. The number of carbonyl (C=O) groups excluding carboxylic acids is 1. The Hall–Kier alpha value is -1.89. The van der Waals surface area contributed by atoms with Crippen molar-refractivity contribution < 1.29 is 4.79 Å². The summed E-state index contributed by atoms with van der Waals surface area (Å²) in [5.74, 6) is 0.219. The second kappa shape index (κ2) is 5.44. The third kappa shape index (κ3) is 3.04. The van der Waals surface area contributed by atoms with Crippen LogP contribution in [-0.4, -0.2) is 5.78 Å². The van der Waals surface area contributed by atoms with Crippen LogP contribution >= 0.6 is 0 Å². The average Bonchev–Trinajstić information content (AvgIpc) is 2.90. The van der Waals surface area contributed by atoms with Crippen LogP contribution in [0, 0.1) is 0 Å². The SMILES string of the molecule is CC(CCC(=O)c1ccccc1)=C1C=CC=C1. The quantitative estimate of drug-likeness (QED) is 0.704. The van der Waals surface area contributed by atoms with Crippen LogP contribution in [0.1, 0.15) is 30.1 Å². The van der Waals surface area contributed by atoms with E-state index in [1.54, 1.807) is 0 Å². The lowest BCUT2D eigenvalue weighted by Crippen LogP contribution is -1.99. The summed E-state index contributed by atoms with van der Waals surface area (Å²) in [6.45, 7) is 2.09. The van der Waals surface area contributed by atoms with Gasteiger partial charge in [0.2, 0.25) is 0 Å². The van der Waals surface area contributed by atoms with Crippen LogP contribution in [0.2, 0.25) is 0 Å². The summed E-state index contributed by atoms with van der Waals surface area (Å²) >= 11 is 0. The fourth-order valence-corrected chi connectivity index (χ4v) is 1.87. The van der Waals surface area contributed by atoms with E-state index in [1.807, 2.05) is 42.5 Å². The molecular formula is C16H16O.